The van der Waals surface area contributed by atoms with Gasteiger partial charge in [0.2, 0.25) is 0 Å². The average Bonchev–Trinajstić information content (AvgIpc) is 1.79. The molecule has 4 heteroatoms. The molecule has 0 unspecified atom stereocenters. The van der Waals surface area contributed by atoms with Crippen molar-refractivity contribution in [1.29, 1.82) is 0 Å². The zero-order chi connectivity index (χ0) is 10.2. The Morgan fingerprint density at radius 3 is 1.83 bits per heavy atom. The van der Waals surface area contributed by atoms with Gasteiger partial charge in [0.25, 0.3) is 0 Å². The summed E-state index contributed by atoms with van der Waals surface area (Å²) >= 11 is 0. The third kappa shape index (κ3) is 62.1. The molecule has 0 heterocycles. The fraction of sp³-hybridized carbons (Fsp3) is 0.375. The summed E-state index contributed by atoms with van der Waals surface area (Å²) in [5, 5.41) is 0. The molecule has 0 amide bonds. The van der Waals surface area contributed by atoms with Crippen molar-refractivity contribution in [3.05, 3.63) is 24.4 Å². The molecule has 0 bridgehead atoms. The van der Waals surface area contributed by atoms with Gasteiger partial charge in [-0.25, -0.2) is 8.42 Å². The lowest BCUT2D eigenvalue weighted by molar-refractivity contribution is 0.607. The Kier molecular flexibility index (Phi) is 7.73. The number of rotatable bonds is 2. The van der Waals surface area contributed by atoms with E-state index in [1.807, 2.05) is 6.92 Å². The van der Waals surface area contributed by atoms with E-state index in [2.05, 4.69) is 18.3 Å². The van der Waals surface area contributed by atoms with E-state index in [1.54, 1.807) is 12.3 Å². The van der Waals surface area contributed by atoms with Crippen molar-refractivity contribution >= 4 is 16.6 Å². The molecule has 0 fully saturated rings. The highest BCUT2D eigenvalue weighted by Crippen LogP contribution is 1.86. The van der Waals surface area contributed by atoms with Crippen molar-refractivity contribution in [2.75, 3.05) is 12.5 Å². The maximum Gasteiger partial charge on any atom is 0.144 e. The third-order valence-corrected chi connectivity index (χ3v) is 0.464. The van der Waals surface area contributed by atoms with Crippen LogP contribution in [0.25, 0.3) is 0 Å². The number of nitrogens with zero attached hydrogens (tertiary/aromatic N) is 1. The number of aliphatic imine (C=N–C) groups is 1. The van der Waals surface area contributed by atoms with Crippen LogP contribution in [0, 0.1) is 0 Å². The summed E-state index contributed by atoms with van der Waals surface area (Å²) in [5.74, 6) is 0. The van der Waals surface area contributed by atoms with Gasteiger partial charge in [-0.1, -0.05) is 12.2 Å². The van der Waals surface area contributed by atoms with E-state index in [4.69, 9.17) is 0 Å². The zero-order valence-electron chi connectivity index (χ0n) is 7.74. The fourth-order valence-corrected chi connectivity index (χ4v) is 0.180. The van der Waals surface area contributed by atoms with Crippen LogP contribution >= 0.6 is 0 Å². The largest absolute Gasteiger partial charge is 0.273 e. The molecular formula is C8H15NO2S. The molecule has 0 aromatic carbocycles. The molecule has 0 aliphatic rings. The molecule has 0 aromatic heterocycles. The first-order valence-corrected chi connectivity index (χ1v) is 5.50. The third-order valence-electron chi connectivity index (χ3n) is 0.464. The smallest absolute Gasteiger partial charge is 0.144 e. The molecule has 0 N–H and O–H groups in total. The van der Waals surface area contributed by atoms with Gasteiger partial charge < -0.3 is 0 Å². The van der Waals surface area contributed by atoms with Crippen LogP contribution in [0.15, 0.2) is 29.4 Å². The second kappa shape index (κ2) is 6.79. The second-order valence-corrected chi connectivity index (χ2v) is 4.77. The predicted molar refractivity (Wildman–Crippen MR) is 54.3 cm³/mol. The minimum Gasteiger partial charge on any atom is -0.273 e. The number of allylic oxidation sites excluding steroid dienone is 2. The van der Waals surface area contributed by atoms with Gasteiger partial charge in [-0.2, -0.15) is 0 Å². The van der Waals surface area contributed by atoms with Crippen LogP contribution in [0.4, 0.5) is 0 Å². The molecule has 0 aliphatic carbocycles. The molecule has 70 valence electrons. The Morgan fingerprint density at radius 2 is 1.75 bits per heavy atom. The summed E-state index contributed by atoms with van der Waals surface area (Å²) in [6.45, 7) is 8.78. The SMILES string of the molecule is C=N/C=C\C(=C)C.CS(C)(=O)=O. The van der Waals surface area contributed by atoms with Gasteiger partial charge in [0.1, 0.15) is 9.84 Å². The summed E-state index contributed by atoms with van der Waals surface area (Å²) < 4.78 is 19.3. The maximum absolute atomic E-state index is 9.63. The van der Waals surface area contributed by atoms with E-state index < -0.39 is 9.84 Å². The molecule has 0 rings (SSSR count). The van der Waals surface area contributed by atoms with Crippen molar-refractivity contribution in [3.8, 4) is 0 Å². The van der Waals surface area contributed by atoms with Crippen LogP contribution in [0.3, 0.4) is 0 Å². The lowest BCUT2D eigenvalue weighted by atomic mass is 10.3. The molecule has 12 heavy (non-hydrogen) atoms. The first kappa shape index (κ1) is 13.7. The van der Waals surface area contributed by atoms with Crippen molar-refractivity contribution in [3.63, 3.8) is 0 Å². The van der Waals surface area contributed by atoms with Crippen molar-refractivity contribution in [2.45, 2.75) is 6.92 Å². The summed E-state index contributed by atoms with van der Waals surface area (Å²) in [5.41, 5.74) is 0.993. The van der Waals surface area contributed by atoms with Gasteiger partial charge in [0.15, 0.2) is 0 Å². The molecule has 0 saturated carbocycles. The van der Waals surface area contributed by atoms with Gasteiger partial charge >= 0.3 is 0 Å². The standard InChI is InChI=1S/C6H9N.C2H6O2S/c1-6(2)4-5-7-3;1-5(2,3)4/h4-5H,1,3H2,2H3;1-2H3/b5-4-;. The van der Waals surface area contributed by atoms with Gasteiger partial charge in [-0.05, 0) is 19.7 Å². The van der Waals surface area contributed by atoms with E-state index in [-0.39, 0.29) is 0 Å². The molecule has 0 radical (unpaired) electrons. The Balaban J connectivity index is 0. The topological polar surface area (TPSA) is 46.5 Å². The van der Waals surface area contributed by atoms with Crippen LogP contribution in [-0.4, -0.2) is 27.6 Å². The zero-order valence-corrected chi connectivity index (χ0v) is 8.56. The van der Waals surface area contributed by atoms with Gasteiger partial charge in [-0.15, -0.1) is 0 Å². The van der Waals surface area contributed by atoms with Crippen LogP contribution in [0.1, 0.15) is 6.92 Å². The van der Waals surface area contributed by atoms with Crippen LogP contribution in [0.2, 0.25) is 0 Å². The normalized spacial score (nSPS) is 10.2. The highest BCUT2D eigenvalue weighted by molar-refractivity contribution is 7.89. The van der Waals surface area contributed by atoms with E-state index >= 15 is 0 Å². The monoisotopic (exact) mass is 189 g/mol. The van der Waals surface area contributed by atoms with Crippen LogP contribution in [0.5, 0.6) is 0 Å². The number of hydrogen-bond acceptors (Lipinski definition) is 3. The highest BCUT2D eigenvalue weighted by Gasteiger charge is 1.79. The first-order chi connectivity index (χ1) is 5.27. The number of sulfone groups is 1. The lowest BCUT2D eigenvalue weighted by Gasteiger charge is -1.76. The van der Waals surface area contributed by atoms with Gasteiger partial charge in [0.05, 0.1) is 0 Å². The van der Waals surface area contributed by atoms with Gasteiger partial charge in [0, 0.05) is 18.7 Å². The Bertz CT molecular complexity index is 255. The molecule has 3 nitrogen and oxygen atoms in total. The van der Waals surface area contributed by atoms with E-state index in [0.29, 0.717) is 0 Å². The summed E-state index contributed by atoms with van der Waals surface area (Å²) in [7, 11) is -2.67. The minimum atomic E-state index is -2.67. The quantitative estimate of drug-likeness (QED) is 0.487. The molecular weight excluding hydrogens is 174 g/mol. The second-order valence-electron chi connectivity index (χ2n) is 2.49. The van der Waals surface area contributed by atoms with E-state index in [9.17, 15) is 8.42 Å². The number of hydrogen-bond donors (Lipinski definition) is 0. The van der Waals surface area contributed by atoms with Crippen LogP contribution < -0.4 is 0 Å². The molecule has 0 saturated heterocycles. The maximum atomic E-state index is 9.63. The summed E-state index contributed by atoms with van der Waals surface area (Å²) in [4.78, 5) is 3.48. The Hall–Kier alpha value is -0.900. The van der Waals surface area contributed by atoms with E-state index in [1.165, 1.54) is 0 Å². The van der Waals surface area contributed by atoms with Gasteiger partial charge in [-0.3, -0.25) is 4.99 Å². The highest BCUT2D eigenvalue weighted by atomic mass is 32.2. The van der Waals surface area contributed by atoms with Crippen LogP contribution in [-0.2, 0) is 9.84 Å². The summed E-state index contributed by atoms with van der Waals surface area (Å²) in [6, 6.07) is 0. The predicted octanol–water partition coefficient (Wildman–Crippen LogP) is 1.44. The molecule has 0 aromatic rings. The Morgan fingerprint density at radius 1 is 1.42 bits per heavy atom. The molecule has 0 atom stereocenters. The van der Waals surface area contributed by atoms with Crippen molar-refractivity contribution < 1.29 is 8.42 Å². The molecule has 0 spiro atoms. The van der Waals surface area contributed by atoms with Crippen molar-refractivity contribution in [2.24, 2.45) is 4.99 Å². The first-order valence-electron chi connectivity index (χ1n) is 3.20. The molecule has 0 aliphatic heterocycles. The average molecular weight is 189 g/mol. The fourth-order valence-electron chi connectivity index (χ4n) is 0.180. The van der Waals surface area contributed by atoms with Crippen molar-refractivity contribution in [1.82, 2.24) is 0 Å². The summed E-state index contributed by atoms with van der Waals surface area (Å²) in [6.07, 6.45) is 5.73. The Labute approximate surface area is 74.4 Å². The lowest BCUT2D eigenvalue weighted by Crippen LogP contribution is -1.86. The minimum absolute atomic E-state index is 0.993. The van der Waals surface area contributed by atoms with E-state index in [0.717, 1.165) is 18.1 Å².